The highest BCUT2D eigenvalue weighted by atomic mass is 35.5. The molecular weight excluding hydrogens is 328 g/mol. The lowest BCUT2D eigenvalue weighted by molar-refractivity contribution is -0.134. The number of aryl methyl sites for hydroxylation is 1. The molecule has 1 N–H and O–H groups in total. The SMILES string of the molecule is CCC(=O)N1CCCC(C(=O)Nc2nc3cc(Cl)ccc3n2C)C1. The Morgan fingerprint density at radius 3 is 2.96 bits per heavy atom. The third-order valence-electron chi connectivity index (χ3n) is 4.53. The zero-order chi connectivity index (χ0) is 17.3. The number of nitrogens with zero attached hydrogens (tertiary/aromatic N) is 3. The number of carbonyl (C=O) groups is 2. The number of anilines is 1. The molecule has 128 valence electrons. The Hall–Kier alpha value is -2.08. The van der Waals surface area contributed by atoms with Gasteiger partial charge in [0.1, 0.15) is 0 Å². The normalized spacial score (nSPS) is 18.0. The maximum atomic E-state index is 12.6. The van der Waals surface area contributed by atoms with Gasteiger partial charge in [0.2, 0.25) is 17.8 Å². The van der Waals surface area contributed by atoms with Crippen molar-refractivity contribution in [2.45, 2.75) is 26.2 Å². The first-order chi connectivity index (χ1) is 11.5. The number of rotatable bonds is 3. The number of aromatic nitrogens is 2. The molecule has 2 aromatic rings. The van der Waals surface area contributed by atoms with Crippen LogP contribution in [0.25, 0.3) is 11.0 Å². The van der Waals surface area contributed by atoms with Crippen LogP contribution < -0.4 is 5.32 Å². The van der Waals surface area contributed by atoms with Crippen LogP contribution in [0.3, 0.4) is 0 Å². The van der Waals surface area contributed by atoms with Crippen LogP contribution in [0.1, 0.15) is 26.2 Å². The van der Waals surface area contributed by atoms with E-state index in [0.29, 0.717) is 23.9 Å². The highest BCUT2D eigenvalue weighted by Gasteiger charge is 2.28. The summed E-state index contributed by atoms with van der Waals surface area (Å²) in [6, 6.07) is 5.45. The van der Waals surface area contributed by atoms with Gasteiger partial charge in [0.05, 0.1) is 17.0 Å². The molecule has 1 aliphatic rings. The monoisotopic (exact) mass is 348 g/mol. The van der Waals surface area contributed by atoms with E-state index in [1.54, 1.807) is 17.0 Å². The molecule has 7 heteroatoms. The minimum absolute atomic E-state index is 0.0897. The van der Waals surface area contributed by atoms with Crippen LogP contribution in [-0.2, 0) is 16.6 Å². The predicted molar refractivity (Wildman–Crippen MR) is 93.9 cm³/mol. The second kappa shape index (κ2) is 6.81. The number of piperidine rings is 1. The molecule has 0 radical (unpaired) electrons. The first-order valence-electron chi connectivity index (χ1n) is 8.20. The van der Waals surface area contributed by atoms with E-state index in [9.17, 15) is 9.59 Å². The van der Waals surface area contributed by atoms with E-state index in [0.717, 1.165) is 30.4 Å². The molecule has 1 atom stereocenters. The van der Waals surface area contributed by atoms with E-state index < -0.39 is 0 Å². The van der Waals surface area contributed by atoms with Gasteiger partial charge in [-0.2, -0.15) is 0 Å². The summed E-state index contributed by atoms with van der Waals surface area (Å²) in [6.45, 7) is 3.06. The largest absolute Gasteiger partial charge is 0.342 e. The molecular formula is C17H21ClN4O2. The number of likely N-dealkylation sites (tertiary alicyclic amines) is 1. The molecule has 1 aliphatic heterocycles. The summed E-state index contributed by atoms with van der Waals surface area (Å²) in [7, 11) is 1.85. The fraction of sp³-hybridized carbons (Fsp3) is 0.471. The highest BCUT2D eigenvalue weighted by molar-refractivity contribution is 6.31. The van der Waals surface area contributed by atoms with Crippen molar-refractivity contribution in [1.82, 2.24) is 14.5 Å². The van der Waals surface area contributed by atoms with Gasteiger partial charge in [-0.1, -0.05) is 18.5 Å². The summed E-state index contributed by atoms with van der Waals surface area (Å²) in [5, 5.41) is 3.51. The maximum absolute atomic E-state index is 12.6. The Morgan fingerprint density at radius 1 is 1.42 bits per heavy atom. The molecule has 0 saturated carbocycles. The van der Waals surface area contributed by atoms with Gasteiger partial charge < -0.3 is 9.47 Å². The number of nitrogens with one attached hydrogen (secondary N) is 1. The van der Waals surface area contributed by atoms with E-state index in [1.165, 1.54) is 0 Å². The molecule has 1 unspecified atom stereocenters. The smallest absolute Gasteiger partial charge is 0.231 e. The van der Waals surface area contributed by atoms with Crippen molar-refractivity contribution in [1.29, 1.82) is 0 Å². The van der Waals surface area contributed by atoms with Gasteiger partial charge in [-0.3, -0.25) is 14.9 Å². The summed E-state index contributed by atoms with van der Waals surface area (Å²) < 4.78 is 1.83. The lowest BCUT2D eigenvalue weighted by atomic mass is 9.97. The second-order valence-corrected chi connectivity index (χ2v) is 6.59. The molecule has 24 heavy (non-hydrogen) atoms. The molecule has 0 spiro atoms. The van der Waals surface area contributed by atoms with Gasteiger partial charge >= 0.3 is 0 Å². The molecule has 3 rings (SSSR count). The fourth-order valence-electron chi connectivity index (χ4n) is 3.14. The van der Waals surface area contributed by atoms with Gasteiger partial charge in [-0.15, -0.1) is 0 Å². The number of benzene rings is 1. The lowest BCUT2D eigenvalue weighted by Gasteiger charge is -2.31. The maximum Gasteiger partial charge on any atom is 0.231 e. The van der Waals surface area contributed by atoms with Crippen molar-refractivity contribution in [3.63, 3.8) is 0 Å². The minimum Gasteiger partial charge on any atom is -0.342 e. The second-order valence-electron chi connectivity index (χ2n) is 6.15. The Balaban J connectivity index is 1.75. The third kappa shape index (κ3) is 3.24. The standard InChI is InChI=1S/C17H21ClN4O2/c1-3-15(23)22-8-4-5-11(10-22)16(24)20-17-19-13-9-12(18)6-7-14(13)21(17)2/h6-7,9,11H,3-5,8,10H2,1-2H3,(H,19,20,24). The van der Waals surface area contributed by atoms with E-state index in [-0.39, 0.29) is 17.7 Å². The number of amides is 2. The molecule has 2 heterocycles. The van der Waals surface area contributed by atoms with Crippen LogP contribution in [0.5, 0.6) is 0 Å². The van der Waals surface area contributed by atoms with Crippen molar-refractivity contribution in [3.05, 3.63) is 23.2 Å². The van der Waals surface area contributed by atoms with Gasteiger partial charge in [0.25, 0.3) is 0 Å². The summed E-state index contributed by atoms with van der Waals surface area (Å²) in [5.74, 6) is 0.312. The Labute approximate surface area is 145 Å². The Morgan fingerprint density at radius 2 is 2.21 bits per heavy atom. The Bertz CT molecular complexity index is 786. The molecule has 1 saturated heterocycles. The van der Waals surface area contributed by atoms with Gasteiger partial charge in [-0.25, -0.2) is 4.98 Å². The molecule has 0 bridgehead atoms. The zero-order valence-electron chi connectivity index (χ0n) is 13.9. The molecule has 1 fully saturated rings. The minimum atomic E-state index is -0.197. The van der Waals surface area contributed by atoms with E-state index in [1.807, 2.05) is 24.6 Å². The number of carbonyl (C=O) groups excluding carboxylic acids is 2. The average molecular weight is 349 g/mol. The van der Waals surface area contributed by atoms with Crippen molar-refractivity contribution in [2.24, 2.45) is 13.0 Å². The lowest BCUT2D eigenvalue weighted by Crippen LogP contribution is -2.43. The predicted octanol–water partition coefficient (Wildman–Crippen LogP) is 2.81. The van der Waals surface area contributed by atoms with E-state index in [4.69, 9.17) is 11.6 Å². The number of imidazole rings is 1. The Kier molecular flexibility index (Phi) is 4.76. The zero-order valence-corrected chi connectivity index (χ0v) is 14.6. The van der Waals surface area contributed by atoms with Crippen molar-refractivity contribution in [3.8, 4) is 0 Å². The van der Waals surface area contributed by atoms with E-state index in [2.05, 4.69) is 10.3 Å². The fourth-order valence-corrected chi connectivity index (χ4v) is 3.30. The van der Waals surface area contributed by atoms with Crippen molar-refractivity contribution >= 4 is 40.4 Å². The third-order valence-corrected chi connectivity index (χ3v) is 4.76. The topological polar surface area (TPSA) is 67.2 Å². The molecule has 1 aromatic carbocycles. The average Bonchev–Trinajstić information content (AvgIpc) is 2.89. The van der Waals surface area contributed by atoms with Gasteiger partial charge in [0.15, 0.2) is 0 Å². The van der Waals surface area contributed by atoms with Crippen LogP contribution in [-0.4, -0.2) is 39.4 Å². The summed E-state index contributed by atoms with van der Waals surface area (Å²) >= 11 is 5.99. The van der Waals surface area contributed by atoms with Gasteiger partial charge in [-0.05, 0) is 31.0 Å². The van der Waals surface area contributed by atoms with Crippen molar-refractivity contribution < 1.29 is 9.59 Å². The quantitative estimate of drug-likeness (QED) is 0.927. The number of hydrogen-bond donors (Lipinski definition) is 1. The summed E-state index contributed by atoms with van der Waals surface area (Å²) in [4.78, 5) is 30.7. The summed E-state index contributed by atoms with van der Waals surface area (Å²) in [5.41, 5.74) is 1.65. The van der Waals surface area contributed by atoms with Crippen LogP contribution >= 0.6 is 11.6 Å². The summed E-state index contributed by atoms with van der Waals surface area (Å²) in [6.07, 6.45) is 2.11. The molecule has 0 aliphatic carbocycles. The molecule has 1 aromatic heterocycles. The van der Waals surface area contributed by atoms with Gasteiger partial charge in [0, 0.05) is 31.6 Å². The number of fused-ring (bicyclic) bond motifs is 1. The highest BCUT2D eigenvalue weighted by Crippen LogP contribution is 2.23. The number of halogens is 1. The molecule has 2 amide bonds. The first-order valence-corrected chi connectivity index (χ1v) is 8.58. The van der Waals surface area contributed by atoms with Crippen LogP contribution in [0, 0.1) is 5.92 Å². The van der Waals surface area contributed by atoms with Crippen LogP contribution in [0.4, 0.5) is 5.95 Å². The van der Waals surface area contributed by atoms with E-state index >= 15 is 0 Å². The molecule has 6 nitrogen and oxygen atoms in total. The van der Waals surface area contributed by atoms with Crippen LogP contribution in [0.15, 0.2) is 18.2 Å². The number of hydrogen-bond acceptors (Lipinski definition) is 3. The van der Waals surface area contributed by atoms with Crippen molar-refractivity contribution in [2.75, 3.05) is 18.4 Å². The van der Waals surface area contributed by atoms with Crippen LogP contribution in [0.2, 0.25) is 5.02 Å². The first kappa shape index (κ1) is 16.8.